The summed E-state index contributed by atoms with van der Waals surface area (Å²) in [6.45, 7) is 0.555. The molecule has 30 heavy (non-hydrogen) atoms. The van der Waals surface area contributed by atoms with Crippen LogP contribution in [0.15, 0.2) is 84.0 Å². The van der Waals surface area contributed by atoms with Crippen LogP contribution in [-0.4, -0.2) is 32.3 Å². The van der Waals surface area contributed by atoms with E-state index in [1.54, 1.807) is 18.3 Å². The predicted molar refractivity (Wildman–Crippen MR) is 118 cm³/mol. The normalized spacial score (nSPS) is 10.8. The third kappa shape index (κ3) is 4.36. The monoisotopic (exact) mass is 417 g/mol. The van der Waals surface area contributed by atoms with E-state index in [1.165, 1.54) is 11.8 Å². The van der Waals surface area contributed by atoms with E-state index < -0.39 is 5.97 Å². The first-order valence-corrected chi connectivity index (χ1v) is 10.3. The summed E-state index contributed by atoms with van der Waals surface area (Å²) >= 11 is 1.18. The van der Waals surface area contributed by atoms with Crippen LogP contribution in [0.4, 0.5) is 5.69 Å². The number of para-hydroxylation sites is 2. The van der Waals surface area contributed by atoms with E-state index in [0.29, 0.717) is 22.7 Å². The van der Waals surface area contributed by atoms with Crippen LogP contribution in [0.5, 0.6) is 0 Å². The molecule has 0 aliphatic heterocycles. The van der Waals surface area contributed by atoms with Crippen LogP contribution in [0.3, 0.4) is 0 Å². The highest BCUT2D eigenvalue weighted by Gasteiger charge is 2.17. The van der Waals surface area contributed by atoms with Gasteiger partial charge in [-0.15, -0.1) is 11.8 Å². The minimum Gasteiger partial charge on any atom is -0.481 e. The number of carbonyl (C=O) groups is 2. The molecule has 2 heterocycles. The first-order chi connectivity index (χ1) is 14.6. The van der Waals surface area contributed by atoms with Crippen LogP contribution in [-0.2, 0) is 11.3 Å². The highest BCUT2D eigenvalue weighted by Crippen LogP contribution is 2.29. The number of anilines is 1. The van der Waals surface area contributed by atoms with Crippen molar-refractivity contribution in [1.29, 1.82) is 0 Å². The van der Waals surface area contributed by atoms with Gasteiger partial charge < -0.3 is 15.0 Å². The number of hydrogen-bond acceptors (Lipinski definition) is 4. The molecule has 0 spiro atoms. The zero-order valence-electron chi connectivity index (χ0n) is 16.0. The second-order valence-electron chi connectivity index (χ2n) is 6.64. The predicted octanol–water partition coefficient (Wildman–Crippen LogP) is 4.51. The Hall–Kier alpha value is -3.58. The standard InChI is InChI=1S/C23H19N3O3S/c27-22(28)15-30-21-11-4-2-9-19(21)25-23(29)18-14-26(13-16-7-5-6-12-24-16)20-10-3-1-8-17(18)20/h1-12,14H,13,15H2,(H,25,29)(H,27,28). The number of carbonyl (C=O) groups excluding carboxylic acids is 1. The molecule has 2 aromatic heterocycles. The highest BCUT2D eigenvalue weighted by atomic mass is 32.2. The van der Waals surface area contributed by atoms with Gasteiger partial charge in [0.2, 0.25) is 0 Å². The Morgan fingerprint density at radius 1 is 1.00 bits per heavy atom. The number of aromatic nitrogens is 2. The number of thioether (sulfide) groups is 1. The van der Waals surface area contributed by atoms with Crippen LogP contribution in [0.1, 0.15) is 16.1 Å². The minimum absolute atomic E-state index is 0.0731. The minimum atomic E-state index is -0.904. The summed E-state index contributed by atoms with van der Waals surface area (Å²) in [5, 5.41) is 12.7. The van der Waals surface area contributed by atoms with Gasteiger partial charge >= 0.3 is 5.97 Å². The molecule has 0 bridgehead atoms. The molecule has 2 aromatic carbocycles. The topological polar surface area (TPSA) is 84.2 Å². The number of carboxylic acid groups (broad SMARTS) is 1. The van der Waals surface area contributed by atoms with Gasteiger partial charge in [-0.05, 0) is 30.3 Å². The summed E-state index contributed by atoms with van der Waals surface area (Å²) in [5.74, 6) is -1.22. The quantitative estimate of drug-likeness (QED) is 0.432. The number of aliphatic carboxylic acids is 1. The van der Waals surface area contributed by atoms with E-state index >= 15 is 0 Å². The third-order valence-corrected chi connectivity index (χ3v) is 5.64. The molecule has 0 atom stereocenters. The fourth-order valence-corrected chi connectivity index (χ4v) is 3.98. The number of rotatable bonds is 7. The first kappa shape index (κ1) is 19.7. The van der Waals surface area contributed by atoms with Crippen molar-refractivity contribution in [3.63, 3.8) is 0 Å². The van der Waals surface area contributed by atoms with Gasteiger partial charge in [0.1, 0.15) is 0 Å². The van der Waals surface area contributed by atoms with Gasteiger partial charge in [-0.3, -0.25) is 14.6 Å². The van der Waals surface area contributed by atoms with Crippen molar-refractivity contribution in [2.75, 3.05) is 11.1 Å². The van der Waals surface area contributed by atoms with Crippen molar-refractivity contribution < 1.29 is 14.7 Å². The van der Waals surface area contributed by atoms with E-state index in [1.807, 2.05) is 65.4 Å². The molecule has 2 N–H and O–H groups in total. The fraction of sp³-hybridized carbons (Fsp3) is 0.0870. The van der Waals surface area contributed by atoms with Crippen LogP contribution in [0, 0.1) is 0 Å². The molecule has 0 aliphatic rings. The Morgan fingerprint density at radius 2 is 1.77 bits per heavy atom. The molecule has 4 rings (SSSR count). The maximum absolute atomic E-state index is 13.1. The molecule has 150 valence electrons. The van der Waals surface area contributed by atoms with Crippen molar-refractivity contribution in [2.24, 2.45) is 0 Å². The highest BCUT2D eigenvalue weighted by molar-refractivity contribution is 8.00. The lowest BCUT2D eigenvalue weighted by Crippen LogP contribution is -2.12. The Bertz CT molecular complexity index is 1200. The molecule has 1 amide bonds. The molecule has 7 heteroatoms. The Balaban J connectivity index is 1.64. The van der Waals surface area contributed by atoms with Crippen molar-refractivity contribution in [3.8, 4) is 0 Å². The zero-order chi connectivity index (χ0) is 20.9. The van der Waals surface area contributed by atoms with E-state index in [0.717, 1.165) is 16.6 Å². The van der Waals surface area contributed by atoms with Gasteiger partial charge in [0, 0.05) is 28.2 Å². The van der Waals surface area contributed by atoms with Crippen molar-refractivity contribution in [1.82, 2.24) is 9.55 Å². The zero-order valence-corrected chi connectivity index (χ0v) is 16.8. The lowest BCUT2D eigenvalue weighted by Gasteiger charge is -2.09. The van der Waals surface area contributed by atoms with Crippen LogP contribution < -0.4 is 5.32 Å². The second kappa shape index (κ2) is 8.84. The number of nitrogens with one attached hydrogen (secondary N) is 1. The number of fused-ring (bicyclic) bond motifs is 1. The smallest absolute Gasteiger partial charge is 0.313 e. The molecule has 0 aliphatic carbocycles. The number of benzene rings is 2. The Morgan fingerprint density at radius 3 is 2.57 bits per heavy atom. The Kier molecular flexibility index (Phi) is 5.81. The molecular weight excluding hydrogens is 398 g/mol. The molecule has 0 unspecified atom stereocenters. The van der Waals surface area contributed by atoms with Gasteiger partial charge in [-0.25, -0.2) is 0 Å². The molecule has 0 fully saturated rings. The van der Waals surface area contributed by atoms with Gasteiger partial charge in [-0.1, -0.05) is 36.4 Å². The third-order valence-electron chi connectivity index (χ3n) is 4.58. The van der Waals surface area contributed by atoms with E-state index in [9.17, 15) is 9.59 Å². The van der Waals surface area contributed by atoms with Crippen molar-refractivity contribution in [3.05, 3.63) is 90.4 Å². The van der Waals surface area contributed by atoms with Crippen LogP contribution in [0.25, 0.3) is 10.9 Å². The SMILES string of the molecule is O=C(O)CSc1ccccc1NC(=O)c1cn(Cc2ccccn2)c2ccccc12. The maximum atomic E-state index is 13.1. The lowest BCUT2D eigenvalue weighted by atomic mass is 10.1. The lowest BCUT2D eigenvalue weighted by molar-refractivity contribution is -0.133. The average molecular weight is 417 g/mol. The summed E-state index contributed by atoms with van der Waals surface area (Å²) in [6.07, 6.45) is 3.59. The van der Waals surface area contributed by atoms with Crippen molar-refractivity contribution in [2.45, 2.75) is 11.4 Å². The largest absolute Gasteiger partial charge is 0.481 e. The molecule has 0 radical (unpaired) electrons. The second-order valence-corrected chi connectivity index (χ2v) is 7.66. The molecule has 0 saturated heterocycles. The van der Waals surface area contributed by atoms with Gasteiger partial charge in [-0.2, -0.15) is 0 Å². The number of hydrogen-bond donors (Lipinski definition) is 2. The van der Waals surface area contributed by atoms with Gasteiger partial charge in [0.05, 0.1) is 29.2 Å². The fourth-order valence-electron chi connectivity index (χ4n) is 3.25. The van der Waals surface area contributed by atoms with Crippen LogP contribution in [0.2, 0.25) is 0 Å². The number of pyridine rings is 1. The van der Waals surface area contributed by atoms with Gasteiger partial charge in [0.25, 0.3) is 5.91 Å². The van der Waals surface area contributed by atoms with E-state index in [4.69, 9.17) is 5.11 Å². The summed E-state index contributed by atoms with van der Waals surface area (Å²) in [5.41, 5.74) is 3.00. The molecular formula is C23H19N3O3S. The number of amides is 1. The van der Waals surface area contributed by atoms with Gasteiger partial charge in [0.15, 0.2) is 0 Å². The summed E-state index contributed by atoms with van der Waals surface area (Å²) in [4.78, 5) is 29.1. The maximum Gasteiger partial charge on any atom is 0.313 e. The van der Waals surface area contributed by atoms with Crippen molar-refractivity contribution >= 4 is 40.2 Å². The molecule has 6 nitrogen and oxygen atoms in total. The van der Waals surface area contributed by atoms with E-state index in [-0.39, 0.29) is 11.7 Å². The van der Waals surface area contributed by atoms with E-state index in [2.05, 4.69) is 10.3 Å². The summed E-state index contributed by atoms with van der Waals surface area (Å²) < 4.78 is 2.01. The first-order valence-electron chi connectivity index (χ1n) is 9.34. The number of carboxylic acids is 1. The molecule has 4 aromatic rings. The average Bonchev–Trinajstić information content (AvgIpc) is 3.12. The Labute approximate surface area is 177 Å². The summed E-state index contributed by atoms with van der Waals surface area (Å²) in [7, 11) is 0. The molecule has 0 saturated carbocycles. The summed E-state index contributed by atoms with van der Waals surface area (Å²) in [6, 6.07) is 20.7. The van der Waals surface area contributed by atoms with Crippen LogP contribution >= 0.6 is 11.8 Å². The number of nitrogens with zero attached hydrogens (tertiary/aromatic N) is 2.